The van der Waals surface area contributed by atoms with Crippen molar-refractivity contribution >= 4 is 45.8 Å². The lowest BCUT2D eigenvalue weighted by molar-refractivity contribution is 0.752. The van der Waals surface area contributed by atoms with Gasteiger partial charge >= 0.3 is 0 Å². The number of rotatable bonds is 1. The van der Waals surface area contributed by atoms with E-state index in [0.717, 1.165) is 16.9 Å². The zero-order chi connectivity index (χ0) is 12.0. The molecule has 2 heterocycles. The van der Waals surface area contributed by atoms with Crippen molar-refractivity contribution in [3.63, 3.8) is 0 Å². The number of hydrogen-bond donors (Lipinski definition) is 1. The van der Waals surface area contributed by atoms with Crippen molar-refractivity contribution in [2.24, 2.45) is 7.05 Å². The van der Waals surface area contributed by atoms with Gasteiger partial charge in [-0.2, -0.15) is 5.10 Å². The summed E-state index contributed by atoms with van der Waals surface area (Å²) in [5, 5.41) is 4.38. The zero-order valence-electron chi connectivity index (χ0n) is 9.01. The molecule has 0 radical (unpaired) electrons. The zero-order valence-corrected chi connectivity index (χ0v) is 12.0. The molecule has 6 heteroatoms. The lowest BCUT2D eigenvalue weighted by Crippen LogP contribution is -1.97. The SMILES string of the molecule is Cn1ccc(-n2c(=S)[nH]c3cc(I)ccc32)n1. The highest BCUT2D eigenvalue weighted by Gasteiger charge is 2.08. The van der Waals surface area contributed by atoms with Crippen LogP contribution in [0.5, 0.6) is 0 Å². The molecule has 0 aliphatic heterocycles. The number of nitrogens with zero attached hydrogens (tertiary/aromatic N) is 3. The van der Waals surface area contributed by atoms with E-state index < -0.39 is 0 Å². The summed E-state index contributed by atoms with van der Waals surface area (Å²) in [7, 11) is 1.89. The van der Waals surface area contributed by atoms with Crippen LogP contribution in [0.25, 0.3) is 16.9 Å². The van der Waals surface area contributed by atoms with Gasteiger partial charge in [0, 0.05) is 22.9 Å². The Morgan fingerprint density at radius 2 is 2.18 bits per heavy atom. The normalized spacial score (nSPS) is 11.2. The summed E-state index contributed by atoms with van der Waals surface area (Å²) < 4.78 is 5.56. The van der Waals surface area contributed by atoms with E-state index in [1.807, 2.05) is 23.9 Å². The minimum atomic E-state index is 0.667. The van der Waals surface area contributed by atoms with Gasteiger partial charge in [0.05, 0.1) is 11.0 Å². The van der Waals surface area contributed by atoms with Crippen LogP contribution in [0.3, 0.4) is 0 Å². The number of aryl methyl sites for hydroxylation is 1. The lowest BCUT2D eigenvalue weighted by atomic mass is 10.3. The summed E-state index contributed by atoms with van der Waals surface area (Å²) >= 11 is 7.63. The second-order valence-corrected chi connectivity index (χ2v) is 5.41. The molecule has 0 amide bonds. The van der Waals surface area contributed by atoms with E-state index in [-0.39, 0.29) is 0 Å². The number of hydrogen-bond acceptors (Lipinski definition) is 2. The van der Waals surface area contributed by atoms with Gasteiger partial charge in [0.15, 0.2) is 10.6 Å². The molecule has 0 aliphatic carbocycles. The average Bonchev–Trinajstić information content (AvgIpc) is 2.80. The van der Waals surface area contributed by atoms with Crippen molar-refractivity contribution in [3.05, 3.63) is 38.8 Å². The Labute approximate surface area is 116 Å². The Bertz CT molecular complexity index is 752. The fraction of sp³-hybridized carbons (Fsp3) is 0.0909. The summed E-state index contributed by atoms with van der Waals surface area (Å²) in [6, 6.07) is 8.13. The molecule has 2 aromatic heterocycles. The van der Waals surface area contributed by atoms with Gasteiger partial charge in [0.25, 0.3) is 0 Å². The molecule has 0 atom stereocenters. The van der Waals surface area contributed by atoms with Crippen LogP contribution >= 0.6 is 34.8 Å². The van der Waals surface area contributed by atoms with Crippen molar-refractivity contribution < 1.29 is 0 Å². The molecular formula is C11H9IN4S. The van der Waals surface area contributed by atoms with Crippen LogP contribution in [0.4, 0.5) is 0 Å². The maximum Gasteiger partial charge on any atom is 0.184 e. The molecule has 1 aromatic carbocycles. The van der Waals surface area contributed by atoms with Crippen LogP contribution in [0.1, 0.15) is 0 Å². The number of halogens is 1. The number of fused-ring (bicyclic) bond motifs is 1. The molecule has 0 spiro atoms. The highest BCUT2D eigenvalue weighted by atomic mass is 127. The number of benzene rings is 1. The van der Waals surface area contributed by atoms with Crippen LogP contribution in [0.15, 0.2) is 30.5 Å². The first-order valence-corrected chi connectivity index (χ1v) is 6.54. The second-order valence-electron chi connectivity index (χ2n) is 3.77. The van der Waals surface area contributed by atoms with Crippen LogP contribution in [0, 0.1) is 8.34 Å². The van der Waals surface area contributed by atoms with Gasteiger partial charge in [-0.25, -0.2) is 0 Å². The number of aromatic nitrogens is 4. The van der Waals surface area contributed by atoms with E-state index in [1.165, 1.54) is 3.57 Å². The molecule has 0 saturated heterocycles. The third kappa shape index (κ3) is 1.81. The van der Waals surface area contributed by atoms with Crippen LogP contribution < -0.4 is 0 Å². The Hall–Kier alpha value is -1.15. The molecule has 86 valence electrons. The molecule has 3 aromatic rings. The molecule has 0 fully saturated rings. The van der Waals surface area contributed by atoms with Gasteiger partial charge < -0.3 is 4.98 Å². The Balaban J connectivity index is 2.36. The smallest absolute Gasteiger partial charge is 0.184 e. The molecule has 1 N–H and O–H groups in total. The van der Waals surface area contributed by atoms with Crippen molar-refractivity contribution in [2.75, 3.05) is 0 Å². The number of aromatic amines is 1. The van der Waals surface area contributed by atoms with Crippen molar-refractivity contribution in [2.45, 2.75) is 0 Å². The Morgan fingerprint density at radius 1 is 1.35 bits per heavy atom. The van der Waals surface area contributed by atoms with Gasteiger partial charge in [-0.1, -0.05) is 0 Å². The Morgan fingerprint density at radius 3 is 2.88 bits per heavy atom. The summed E-state index contributed by atoms with van der Waals surface area (Å²) in [5.41, 5.74) is 2.08. The standard InChI is InChI=1S/C11H9IN4S/c1-15-5-4-10(14-15)16-9-3-2-7(12)6-8(9)13-11(16)17/h2-6H,1H3,(H,13,17). The molecule has 0 bridgehead atoms. The molecule has 0 aliphatic rings. The summed E-state index contributed by atoms with van der Waals surface area (Å²) in [4.78, 5) is 3.20. The number of nitrogens with one attached hydrogen (secondary N) is 1. The van der Waals surface area contributed by atoms with Gasteiger partial charge in [-0.15, -0.1) is 0 Å². The topological polar surface area (TPSA) is 38.5 Å². The maximum absolute atomic E-state index is 5.34. The third-order valence-corrected chi connectivity index (χ3v) is 3.53. The fourth-order valence-electron chi connectivity index (χ4n) is 1.83. The second kappa shape index (κ2) is 3.95. The highest BCUT2D eigenvalue weighted by molar-refractivity contribution is 14.1. The quantitative estimate of drug-likeness (QED) is 0.538. The molecule has 0 unspecified atom stereocenters. The minimum absolute atomic E-state index is 0.667. The predicted octanol–water partition coefficient (Wildman–Crippen LogP) is 3.03. The molecular weight excluding hydrogens is 347 g/mol. The summed E-state index contributed by atoms with van der Waals surface area (Å²) in [5.74, 6) is 0.838. The van der Waals surface area contributed by atoms with E-state index in [0.29, 0.717) is 4.77 Å². The largest absolute Gasteiger partial charge is 0.330 e. The van der Waals surface area contributed by atoms with Crippen molar-refractivity contribution in [3.8, 4) is 5.82 Å². The first kappa shape index (κ1) is 11.0. The van der Waals surface area contributed by atoms with Gasteiger partial charge in [0.1, 0.15) is 0 Å². The fourth-order valence-corrected chi connectivity index (χ4v) is 2.63. The Kier molecular flexibility index (Phi) is 2.55. The monoisotopic (exact) mass is 356 g/mol. The third-order valence-electron chi connectivity index (χ3n) is 2.57. The molecule has 0 saturated carbocycles. The maximum atomic E-state index is 5.34. The minimum Gasteiger partial charge on any atom is -0.330 e. The first-order valence-electron chi connectivity index (χ1n) is 5.05. The average molecular weight is 356 g/mol. The van der Waals surface area contributed by atoms with E-state index >= 15 is 0 Å². The molecule has 4 nitrogen and oxygen atoms in total. The van der Waals surface area contributed by atoms with Gasteiger partial charge in [-0.05, 0) is 53.0 Å². The van der Waals surface area contributed by atoms with E-state index in [2.05, 4.69) is 50.9 Å². The van der Waals surface area contributed by atoms with Gasteiger partial charge in [0.2, 0.25) is 0 Å². The first-order chi connectivity index (χ1) is 8.15. The number of imidazole rings is 1. The van der Waals surface area contributed by atoms with Gasteiger partial charge in [-0.3, -0.25) is 9.25 Å². The number of H-pyrrole nitrogens is 1. The summed E-state index contributed by atoms with van der Waals surface area (Å²) in [6.07, 6.45) is 1.91. The van der Waals surface area contributed by atoms with E-state index in [1.54, 1.807) is 4.68 Å². The van der Waals surface area contributed by atoms with Crippen molar-refractivity contribution in [1.82, 2.24) is 19.3 Å². The van der Waals surface area contributed by atoms with Crippen LogP contribution in [-0.4, -0.2) is 19.3 Å². The summed E-state index contributed by atoms with van der Waals surface area (Å²) in [6.45, 7) is 0. The van der Waals surface area contributed by atoms with E-state index in [9.17, 15) is 0 Å². The van der Waals surface area contributed by atoms with Crippen LogP contribution in [-0.2, 0) is 7.05 Å². The predicted molar refractivity (Wildman–Crippen MR) is 77.9 cm³/mol. The molecule has 17 heavy (non-hydrogen) atoms. The highest BCUT2D eigenvalue weighted by Crippen LogP contribution is 2.20. The molecule has 3 rings (SSSR count). The van der Waals surface area contributed by atoms with Crippen molar-refractivity contribution in [1.29, 1.82) is 0 Å². The lowest BCUT2D eigenvalue weighted by Gasteiger charge is -1.99. The van der Waals surface area contributed by atoms with Crippen LogP contribution in [0.2, 0.25) is 0 Å². The van der Waals surface area contributed by atoms with E-state index in [4.69, 9.17) is 12.2 Å².